The number of amides is 1. The first-order valence-corrected chi connectivity index (χ1v) is 10.1. The number of hydrogen-bond donors (Lipinski definition) is 1. The molecule has 0 unspecified atom stereocenters. The summed E-state index contributed by atoms with van der Waals surface area (Å²) in [4.78, 5) is 23.8. The van der Waals surface area contributed by atoms with E-state index in [4.69, 9.17) is 18.9 Å². The lowest BCUT2D eigenvalue weighted by atomic mass is 10.2. The average Bonchev–Trinajstić information content (AvgIpc) is 2.83. The van der Waals surface area contributed by atoms with Crippen molar-refractivity contribution in [3.8, 4) is 17.2 Å². The molecule has 0 spiro atoms. The van der Waals surface area contributed by atoms with Crippen LogP contribution >= 0.6 is 0 Å². The fourth-order valence-electron chi connectivity index (χ4n) is 2.71. The average molecular weight is 435 g/mol. The van der Waals surface area contributed by atoms with Gasteiger partial charge in [0.25, 0.3) is 5.91 Å². The van der Waals surface area contributed by atoms with Crippen LogP contribution in [0.2, 0.25) is 0 Å². The molecule has 3 aromatic carbocycles. The Kier molecular flexibility index (Phi) is 8.50. The molecular formula is C25H25NO6. The second kappa shape index (κ2) is 12.0. The molecular weight excluding hydrogens is 410 g/mol. The SMILES string of the molecule is COc1ccc(OCCC(=O)OCC(=O)Nc2ccc(OCc3ccccc3)cc2)cc1. The molecule has 1 N–H and O–H groups in total. The van der Waals surface area contributed by atoms with Crippen LogP contribution in [0.15, 0.2) is 78.9 Å². The van der Waals surface area contributed by atoms with Crippen LogP contribution in [0.1, 0.15) is 12.0 Å². The highest BCUT2D eigenvalue weighted by atomic mass is 16.5. The zero-order valence-electron chi connectivity index (χ0n) is 17.8. The first-order valence-electron chi connectivity index (χ1n) is 10.1. The summed E-state index contributed by atoms with van der Waals surface area (Å²) in [6.45, 7) is 0.246. The summed E-state index contributed by atoms with van der Waals surface area (Å²) in [6, 6.07) is 23.8. The summed E-state index contributed by atoms with van der Waals surface area (Å²) in [6.07, 6.45) is 0.0345. The highest BCUT2D eigenvalue weighted by Crippen LogP contribution is 2.18. The van der Waals surface area contributed by atoms with E-state index in [1.54, 1.807) is 55.6 Å². The third-order valence-corrected chi connectivity index (χ3v) is 4.39. The summed E-state index contributed by atoms with van der Waals surface area (Å²) in [5.41, 5.74) is 1.65. The Bertz CT molecular complexity index is 987. The van der Waals surface area contributed by atoms with Gasteiger partial charge in [-0.2, -0.15) is 0 Å². The quantitative estimate of drug-likeness (QED) is 0.454. The van der Waals surface area contributed by atoms with E-state index in [0.29, 0.717) is 23.8 Å². The van der Waals surface area contributed by atoms with Crippen molar-refractivity contribution in [3.63, 3.8) is 0 Å². The van der Waals surface area contributed by atoms with Crippen molar-refractivity contribution in [2.45, 2.75) is 13.0 Å². The molecule has 1 amide bonds. The largest absolute Gasteiger partial charge is 0.497 e. The zero-order valence-corrected chi connectivity index (χ0v) is 17.8. The number of esters is 1. The molecule has 0 saturated carbocycles. The number of methoxy groups -OCH3 is 1. The van der Waals surface area contributed by atoms with E-state index in [-0.39, 0.29) is 19.6 Å². The summed E-state index contributed by atoms with van der Waals surface area (Å²) in [7, 11) is 1.58. The lowest BCUT2D eigenvalue weighted by molar-refractivity contribution is -0.147. The number of anilines is 1. The predicted octanol–water partition coefficient (Wildman–Crippen LogP) is 4.23. The van der Waals surface area contributed by atoms with Gasteiger partial charge in [-0.1, -0.05) is 30.3 Å². The van der Waals surface area contributed by atoms with Gasteiger partial charge in [-0.15, -0.1) is 0 Å². The first-order chi connectivity index (χ1) is 15.6. The van der Waals surface area contributed by atoms with Gasteiger partial charge in [-0.25, -0.2) is 0 Å². The molecule has 0 aliphatic rings. The maximum absolute atomic E-state index is 12.0. The van der Waals surface area contributed by atoms with Gasteiger partial charge in [0.1, 0.15) is 23.9 Å². The lowest BCUT2D eigenvalue weighted by Gasteiger charge is -2.09. The van der Waals surface area contributed by atoms with E-state index >= 15 is 0 Å². The van der Waals surface area contributed by atoms with Crippen LogP contribution in [-0.4, -0.2) is 32.2 Å². The van der Waals surface area contributed by atoms with Crippen LogP contribution in [0.5, 0.6) is 17.2 Å². The van der Waals surface area contributed by atoms with Gasteiger partial charge in [-0.3, -0.25) is 9.59 Å². The number of carbonyl (C=O) groups excluding carboxylic acids is 2. The van der Waals surface area contributed by atoms with Crippen molar-refractivity contribution >= 4 is 17.6 Å². The Hall–Kier alpha value is -4.00. The van der Waals surface area contributed by atoms with Gasteiger partial charge >= 0.3 is 5.97 Å². The minimum Gasteiger partial charge on any atom is -0.497 e. The van der Waals surface area contributed by atoms with Crippen LogP contribution in [-0.2, 0) is 20.9 Å². The van der Waals surface area contributed by atoms with Crippen molar-refractivity contribution in [2.24, 2.45) is 0 Å². The third kappa shape index (κ3) is 7.68. The Morgan fingerprint density at radius 1 is 0.781 bits per heavy atom. The Morgan fingerprint density at radius 2 is 1.41 bits per heavy atom. The normalized spacial score (nSPS) is 10.2. The first kappa shape index (κ1) is 22.7. The fourth-order valence-corrected chi connectivity index (χ4v) is 2.71. The predicted molar refractivity (Wildman–Crippen MR) is 120 cm³/mol. The second-order valence-electron chi connectivity index (χ2n) is 6.78. The molecule has 3 aromatic rings. The standard InChI is InChI=1S/C25H25NO6/c1-29-21-11-13-22(14-12-21)30-16-15-25(28)32-18-24(27)26-20-7-9-23(10-8-20)31-17-19-5-3-2-4-6-19/h2-14H,15-18H2,1H3,(H,26,27). The molecule has 0 heterocycles. The van der Waals surface area contributed by atoms with E-state index in [0.717, 1.165) is 11.3 Å². The van der Waals surface area contributed by atoms with Crippen LogP contribution in [0.4, 0.5) is 5.69 Å². The number of benzene rings is 3. The monoisotopic (exact) mass is 435 g/mol. The minimum atomic E-state index is -0.515. The van der Waals surface area contributed by atoms with Crippen molar-refractivity contribution in [3.05, 3.63) is 84.4 Å². The highest BCUT2D eigenvalue weighted by Gasteiger charge is 2.09. The molecule has 166 valence electrons. The smallest absolute Gasteiger partial charge is 0.309 e. The zero-order chi connectivity index (χ0) is 22.6. The summed E-state index contributed by atoms with van der Waals surface area (Å²) in [5, 5.41) is 2.68. The van der Waals surface area contributed by atoms with E-state index in [1.165, 1.54) is 0 Å². The van der Waals surface area contributed by atoms with Gasteiger partial charge in [0.15, 0.2) is 6.61 Å². The topological polar surface area (TPSA) is 83.1 Å². The summed E-state index contributed by atoms with van der Waals surface area (Å²) in [5.74, 6) is 1.09. The van der Waals surface area contributed by atoms with Crippen molar-refractivity contribution in [1.82, 2.24) is 0 Å². The van der Waals surface area contributed by atoms with E-state index in [1.807, 2.05) is 30.3 Å². The Morgan fingerprint density at radius 3 is 2.09 bits per heavy atom. The number of ether oxygens (including phenoxy) is 4. The van der Waals surface area contributed by atoms with Crippen LogP contribution in [0.3, 0.4) is 0 Å². The molecule has 7 heteroatoms. The van der Waals surface area contributed by atoms with Crippen molar-refractivity contribution < 1.29 is 28.5 Å². The number of nitrogens with one attached hydrogen (secondary N) is 1. The number of carbonyl (C=O) groups is 2. The molecule has 0 atom stereocenters. The van der Waals surface area contributed by atoms with Crippen molar-refractivity contribution in [1.29, 1.82) is 0 Å². The molecule has 0 aliphatic carbocycles. The van der Waals surface area contributed by atoms with Gasteiger partial charge < -0.3 is 24.3 Å². The number of hydrogen-bond acceptors (Lipinski definition) is 6. The highest BCUT2D eigenvalue weighted by molar-refractivity contribution is 5.92. The molecule has 0 fully saturated rings. The molecule has 0 aromatic heterocycles. The minimum absolute atomic E-state index is 0.0345. The van der Waals surface area contributed by atoms with Gasteiger partial charge in [-0.05, 0) is 54.1 Å². The molecule has 0 saturated heterocycles. The van der Waals surface area contributed by atoms with Crippen LogP contribution in [0, 0.1) is 0 Å². The molecule has 0 bridgehead atoms. The van der Waals surface area contributed by atoms with E-state index in [2.05, 4.69) is 5.32 Å². The molecule has 3 rings (SSSR count). The number of rotatable bonds is 11. The maximum Gasteiger partial charge on any atom is 0.309 e. The molecule has 0 radical (unpaired) electrons. The lowest BCUT2D eigenvalue weighted by Crippen LogP contribution is -2.21. The summed E-state index contributed by atoms with van der Waals surface area (Å²) < 4.78 is 21.2. The molecule has 7 nitrogen and oxygen atoms in total. The molecule has 0 aliphatic heterocycles. The Balaban J connectivity index is 1.32. The van der Waals surface area contributed by atoms with Gasteiger partial charge in [0.05, 0.1) is 20.1 Å². The van der Waals surface area contributed by atoms with Gasteiger partial charge in [0, 0.05) is 5.69 Å². The van der Waals surface area contributed by atoms with E-state index in [9.17, 15) is 9.59 Å². The van der Waals surface area contributed by atoms with Crippen LogP contribution < -0.4 is 19.5 Å². The van der Waals surface area contributed by atoms with Crippen LogP contribution in [0.25, 0.3) is 0 Å². The van der Waals surface area contributed by atoms with E-state index < -0.39 is 11.9 Å². The van der Waals surface area contributed by atoms with Crippen molar-refractivity contribution in [2.75, 3.05) is 25.6 Å². The summed E-state index contributed by atoms with van der Waals surface area (Å²) >= 11 is 0. The van der Waals surface area contributed by atoms with Gasteiger partial charge in [0.2, 0.25) is 0 Å². The molecule has 32 heavy (non-hydrogen) atoms. The fraction of sp³-hybridized carbons (Fsp3) is 0.200. The Labute approximate surface area is 186 Å². The second-order valence-corrected chi connectivity index (χ2v) is 6.78. The maximum atomic E-state index is 12.0. The third-order valence-electron chi connectivity index (χ3n) is 4.39.